The summed E-state index contributed by atoms with van der Waals surface area (Å²) >= 11 is 0. The molecule has 0 aromatic heterocycles. The SMILES string of the molecule is CC[C@@H](C(=O)O)C(=O)c1ccc(C(F)(F)F)cc1. The minimum absolute atomic E-state index is 0.0303. The minimum atomic E-state index is -4.47. The lowest BCUT2D eigenvalue weighted by atomic mass is 9.95. The molecule has 0 bridgehead atoms. The number of ketones is 1. The molecule has 0 unspecified atom stereocenters. The van der Waals surface area contributed by atoms with E-state index in [1.54, 1.807) is 0 Å². The summed E-state index contributed by atoms with van der Waals surface area (Å²) in [6.07, 6.45) is -4.38. The summed E-state index contributed by atoms with van der Waals surface area (Å²) in [6.45, 7) is 1.53. The van der Waals surface area contributed by atoms with Crippen molar-refractivity contribution in [2.45, 2.75) is 19.5 Å². The van der Waals surface area contributed by atoms with Crippen molar-refractivity contribution in [3.8, 4) is 0 Å². The number of aliphatic carboxylic acids is 1. The quantitative estimate of drug-likeness (QED) is 0.668. The van der Waals surface area contributed by atoms with Crippen LogP contribution in [0.2, 0.25) is 0 Å². The maximum absolute atomic E-state index is 12.3. The number of benzene rings is 1. The molecule has 0 radical (unpaired) electrons. The molecular formula is C12H11F3O3. The molecule has 1 N–H and O–H groups in total. The van der Waals surface area contributed by atoms with Crippen molar-refractivity contribution < 1.29 is 27.9 Å². The van der Waals surface area contributed by atoms with Crippen LogP contribution in [0.4, 0.5) is 13.2 Å². The van der Waals surface area contributed by atoms with Crippen LogP contribution >= 0.6 is 0 Å². The number of carboxylic acids is 1. The monoisotopic (exact) mass is 260 g/mol. The van der Waals surface area contributed by atoms with E-state index in [9.17, 15) is 22.8 Å². The first kappa shape index (κ1) is 14.2. The van der Waals surface area contributed by atoms with Crippen LogP contribution in [0.25, 0.3) is 0 Å². The number of alkyl halides is 3. The lowest BCUT2D eigenvalue weighted by molar-refractivity contribution is -0.140. The number of carbonyl (C=O) groups excluding carboxylic acids is 1. The van der Waals surface area contributed by atoms with E-state index in [0.717, 1.165) is 24.3 Å². The maximum Gasteiger partial charge on any atom is 0.416 e. The van der Waals surface area contributed by atoms with Gasteiger partial charge in [-0.05, 0) is 18.6 Å². The number of halogens is 3. The van der Waals surface area contributed by atoms with Crippen molar-refractivity contribution in [2.75, 3.05) is 0 Å². The average molecular weight is 260 g/mol. The molecule has 0 fully saturated rings. The highest BCUT2D eigenvalue weighted by atomic mass is 19.4. The third-order valence-electron chi connectivity index (χ3n) is 2.52. The highest BCUT2D eigenvalue weighted by Gasteiger charge is 2.31. The third kappa shape index (κ3) is 3.09. The Kier molecular flexibility index (Phi) is 4.11. The fourth-order valence-electron chi connectivity index (χ4n) is 1.50. The number of hydrogen-bond donors (Lipinski definition) is 1. The maximum atomic E-state index is 12.3. The lowest BCUT2D eigenvalue weighted by Gasteiger charge is -2.10. The van der Waals surface area contributed by atoms with Gasteiger partial charge in [0, 0.05) is 5.56 Å². The molecule has 1 atom stereocenters. The summed E-state index contributed by atoms with van der Waals surface area (Å²) in [7, 11) is 0. The Morgan fingerprint density at radius 1 is 1.22 bits per heavy atom. The number of rotatable bonds is 4. The fraction of sp³-hybridized carbons (Fsp3) is 0.333. The van der Waals surface area contributed by atoms with Crippen molar-refractivity contribution >= 4 is 11.8 Å². The number of carboxylic acid groups (broad SMARTS) is 1. The summed E-state index contributed by atoms with van der Waals surface area (Å²) in [5, 5.41) is 8.79. The van der Waals surface area contributed by atoms with Crippen LogP contribution in [0.1, 0.15) is 29.3 Å². The van der Waals surface area contributed by atoms with Crippen LogP contribution < -0.4 is 0 Å². The fourth-order valence-corrected chi connectivity index (χ4v) is 1.50. The van der Waals surface area contributed by atoms with E-state index in [1.165, 1.54) is 6.92 Å². The highest BCUT2D eigenvalue weighted by Crippen LogP contribution is 2.29. The van der Waals surface area contributed by atoms with E-state index in [2.05, 4.69) is 0 Å². The van der Waals surface area contributed by atoms with Gasteiger partial charge in [0.15, 0.2) is 5.78 Å². The molecule has 3 nitrogen and oxygen atoms in total. The summed E-state index contributed by atoms with van der Waals surface area (Å²) in [5.74, 6) is -3.18. The van der Waals surface area contributed by atoms with Crippen LogP contribution in [-0.2, 0) is 11.0 Å². The summed E-state index contributed by atoms with van der Waals surface area (Å²) in [4.78, 5) is 22.5. The largest absolute Gasteiger partial charge is 0.481 e. The second kappa shape index (κ2) is 5.20. The zero-order chi connectivity index (χ0) is 13.9. The first-order valence-corrected chi connectivity index (χ1v) is 5.21. The van der Waals surface area contributed by atoms with E-state index < -0.39 is 29.4 Å². The van der Waals surface area contributed by atoms with Gasteiger partial charge in [-0.1, -0.05) is 19.1 Å². The Labute approximate surface area is 101 Å². The van der Waals surface area contributed by atoms with Gasteiger partial charge < -0.3 is 5.11 Å². The van der Waals surface area contributed by atoms with Gasteiger partial charge in [-0.3, -0.25) is 9.59 Å². The van der Waals surface area contributed by atoms with Gasteiger partial charge in [0.1, 0.15) is 5.92 Å². The molecular weight excluding hydrogens is 249 g/mol. The highest BCUT2D eigenvalue weighted by molar-refractivity contribution is 6.08. The van der Waals surface area contributed by atoms with Crippen LogP contribution in [0.3, 0.4) is 0 Å². The molecule has 0 spiro atoms. The minimum Gasteiger partial charge on any atom is -0.481 e. The van der Waals surface area contributed by atoms with Crippen molar-refractivity contribution in [1.29, 1.82) is 0 Å². The molecule has 1 aromatic carbocycles. The van der Waals surface area contributed by atoms with E-state index >= 15 is 0 Å². The molecule has 6 heteroatoms. The van der Waals surface area contributed by atoms with Gasteiger partial charge in [0.2, 0.25) is 0 Å². The van der Waals surface area contributed by atoms with Crippen molar-refractivity contribution in [3.05, 3.63) is 35.4 Å². The standard InChI is InChI=1S/C12H11F3O3/c1-2-9(11(17)18)10(16)7-3-5-8(6-4-7)12(13,14)15/h3-6,9H,2H2,1H3,(H,17,18)/t9-/m1/s1. The molecule has 98 valence electrons. The Hall–Kier alpha value is -1.85. The Morgan fingerprint density at radius 3 is 2.06 bits per heavy atom. The summed E-state index contributed by atoms with van der Waals surface area (Å²) in [6, 6.07) is 3.52. The molecule has 0 saturated carbocycles. The van der Waals surface area contributed by atoms with Gasteiger partial charge in [-0.25, -0.2) is 0 Å². The Balaban J connectivity index is 2.99. The van der Waals surface area contributed by atoms with E-state index in [-0.39, 0.29) is 12.0 Å². The normalized spacial score (nSPS) is 13.1. The number of hydrogen-bond acceptors (Lipinski definition) is 2. The number of carbonyl (C=O) groups is 2. The third-order valence-corrected chi connectivity index (χ3v) is 2.52. The first-order valence-electron chi connectivity index (χ1n) is 5.21. The van der Waals surface area contributed by atoms with Crippen molar-refractivity contribution in [2.24, 2.45) is 5.92 Å². The van der Waals surface area contributed by atoms with Crippen LogP contribution in [0, 0.1) is 5.92 Å². The Morgan fingerprint density at radius 2 is 1.72 bits per heavy atom. The molecule has 0 aliphatic rings. The molecule has 0 saturated heterocycles. The molecule has 0 aliphatic heterocycles. The predicted molar refractivity (Wildman–Crippen MR) is 57.2 cm³/mol. The van der Waals surface area contributed by atoms with Crippen molar-refractivity contribution in [1.82, 2.24) is 0 Å². The van der Waals surface area contributed by atoms with Gasteiger partial charge in [0.25, 0.3) is 0 Å². The van der Waals surface area contributed by atoms with Gasteiger partial charge in [-0.15, -0.1) is 0 Å². The summed E-state index contributed by atoms with van der Waals surface area (Å²) < 4.78 is 36.9. The predicted octanol–water partition coefficient (Wildman–Crippen LogP) is 3.00. The zero-order valence-electron chi connectivity index (χ0n) is 9.49. The smallest absolute Gasteiger partial charge is 0.416 e. The molecule has 0 heterocycles. The van der Waals surface area contributed by atoms with Crippen LogP contribution in [-0.4, -0.2) is 16.9 Å². The molecule has 18 heavy (non-hydrogen) atoms. The first-order chi connectivity index (χ1) is 8.27. The van der Waals surface area contributed by atoms with Crippen LogP contribution in [0.15, 0.2) is 24.3 Å². The number of Topliss-reactive ketones (excluding diaryl/α,β-unsaturated/α-hetero) is 1. The van der Waals surface area contributed by atoms with Crippen LogP contribution in [0.5, 0.6) is 0 Å². The Bertz CT molecular complexity index is 449. The molecule has 0 aliphatic carbocycles. The molecule has 0 amide bonds. The van der Waals surface area contributed by atoms with E-state index in [1.807, 2.05) is 0 Å². The van der Waals surface area contributed by atoms with Crippen molar-refractivity contribution in [3.63, 3.8) is 0 Å². The van der Waals surface area contributed by atoms with Gasteiger partial charge in [0.05, 0.1) is 5.56 Å². The van der Waals surface area contributed by atoms with Gasteiger partial charge in [-0.2, -0.15) is 13.2 Å². The van der Waals surface area contributed by atoms with E-state index in [0.29, 0.717) is 0 Å². The second-order valence-electron chi connectivity index (χ2n) is 3.74. The second-order valence-corrected chi connectivity index (χ2v) is 3.74. The zero-order valence-corrected chi connectivity index (χ0v) is 9.49. The summed E-state index contributed by atoms with van der Waals surface area (Å²) in [5.41, 5.74) is -0.903. The molecule has 1 rings (SSSR count). The topological polar surface area (TPSA) is 54.4 Å². The lowest BCUT2D eigenvalue weighted by Crippen LogP contribution is -2.23. The van der Waals surface area contributed by atoms with E-state index in [4.69, 9.17) is 5.11 Å². The average Bonchev–Trinajstić information content (AvgIpc) is 2.28. The molecule has 1 aromatic rings. The van der Waals surface area contributed by atoms with Gasteiger partial charge >= 0.3 is 12.1 Å².